The maximum absolute atomic E-state index is 12.8. The molecule has 42 heavy (non-hydrogen) atoms. The Balaban J connectivity index is 1.14. The topological polar surface area (TPSA) is 98.8 Å². The lowest BCUT2D eigenvalue weighted by Crippen LogP contribution is -2.42. The first-order valence-electron chi connectivity index (χ1n) is 13.3. The Morgan fingerprint density at radius 2 is 1.05 bits per heavy atom. The van der Waals surface area contributed by atoms with Crippen molar-refractivity contribution in [3.8, 4) is 0 Å². The number of amides is 4. The molecule has 0 aromatic heterocycles. The molecule has 2 fully saturated rings. The van der Waals surface area contributed by atoms with E-state index in [2.05, 4.69) is 10.9 Å². The van der Waals surface area contributed by atoms with Gasteiger partial charge in [-0.1, -0.05) is 108 Å². The number of hydrogen-bond donors (Lipinski definition) is 2. The van der Waals surface area contributed by atoms with Gasteiger partial charge in [-0.25, -0.2) is 0 Å². The van der Waals surface area contributed by atoms with E-state index >= 15 is 0 Å². The minimum Gasteiger partial charge on any atom is -0.293 e. The van der Waals surface area contributed by atoms with Gasteiger partial charge in [-0.05, 0) is 50.0 Å². The van der Waals surface area contributed by atoms with Crippen molar-refractivity contribution in [3.63, 3.8) is 0 Å². The molecule has 12 heteroatoms. The maximum atomic E-state index is 12.8. The molecule has 0 bridgehead atoms. The molecule has 2 heterocycles. The number of rotatable bonds is 10. The van der Waals surface area contributed by atoms with Crippen LogP contribution in [-0.2, 0) is 19.2 Å². The summed E-state index contributed by atoms with van der Waals surface area (Å²) in [4.78, 5) is 54.1. The predicted molar refractivity (Wildman–Crippen MR) is 177 cm³/mol. The van der Waals surface area contributed by atoms with Gasteiger partial charge in [-0.15, -0.1) is 0 Å². The fourth-order valence-corrected chi connectivity index (χ4v) is 6.69. The zero-order valence-corrected chi connectivity index (χ0v) is 26.4. The lowest BCUT2D eigenvalue weighted by atomic mass is 10.1. The fraction of sp³-hybridized carbons (Fsp3) is 0.267. The van der Waals surface area contributed by atoms with Crippen LogP contribution in [-0.4, -0.2) is 55.2 Å². The van der Waals surface area contributed by atoms with Crippen LogP contribution in [0.1, 0.15) is 47.9 Å². The number of carbonyl (C=O) groups excluding carboxylic acids is 4. The molecule has 2 aromatic rings. The first-order chi connectivity index (χ1) is 20.1. The average molecular weight is 639 g/mol. The highest BCUT2D eigenvalue weighted by molar-refractivity contribution is 8.27. The number of hydrazine groups is 1. The van der Waals surface area contributed by atoms with Crippen LogP contribution in [0.25, 0.3) is 12.2 Å². The number of hydrogen-bond acceptors (Lipinski definition) is 8. The van der Waals surface area contributed by atoms with Crippen molar-refractivity contribution in [1.29, 1.82) is 0 Å². The Labute approximate surface area is 264 Å². The van der Waals surface area contributed by atoms with E-state index < -0.39 is 0 Å². The summed E-state index contributed by atoms with van der Waals surface area (Å²) in [7, 11) is 0. The Bertz CT molecular complexity index is 1360. The van der Waals surface area contributed by atoms with Gasteiger partial charge in [0, 0.05) is 25.9 Å². The van der Waals surface area contributed by atoms with Crippen LogP contribution in [0.15, 0.2) is 58.3 Å². The minimum absolute atomic E-state index is 0.109. The van der Waals surface area contributed by atoms with Crippen molar-refractivity contribution in [2.75, 3.05) is 13.1 Å². The number of carbonyl (C=O) groups is 4. The quantitative estimate of drug-likeness (QED) is 0.211. The Hall–Kier alpha value is -3.32. The standard InChI is InChI=1S/C30H30N4O4S4/c1-19-7-11-21(12-8-19)17-23-27(37)33(29(39)41-23)15-3-5-25(35)31-32-26(36)6-4-16-34-28(38)24(42-30(34)40)18-22-13-9-20(2)10-14-22/h7-14,17-18H,3-6,15-16H2,1-2H3,(H,31,35)(H,32,36)/b23-17-,24-18-. The Morgan fingerprint density at radius 3 is 1.40 bits per heavy atom. The molecular formula is C30H30N4O4S4. The monoisotopic (exact) mass is 638 g/mol. The summed E-state index contributed by atoms with van der Waals surface area (Å²) in [6, 6.07) is 15.7. The summed E-state index contributed by atoms with van der Waals surface area (Å²) in [6.45, 7) is 4.61. The van der Waals surface area contributed by atoms with Crippen LogP contribution < -0.4 is 10.9 Å². The summed E-state index contributed by atoms with van der Waals surface area (Å²) >= 11 is 13.2. The number of thiocarbonyl (C=S) groups is 2. The molecule has 2 aliphatic rings. The van der Waals surface area contributed by atoms with E-state index in [0.717, 1.165) is 22.3 Å². The smallest absolute Gasteiger partial charge is 0.266 e. The molecule has 4 amide bonds. The molecule has 2 N–H and O–H groups in total. The summed E-state index contributed by atoms with van der Waals surface area (Å²) < 4.78 is 0.915. The second-order valence-electron chi connectivity index (χ2n) is 9.79. The average Bonchev–Trinajstić information content (AvgIpc) is 3.38. The van der Waals surface area contributed by atoms with Crippen LogP contribution in [0.4, 0.5) is 0 Å². The van der Waals surface area contributed by atoms with Gasteiger partial charge in [0.15, 0.2) is 0 Å². The van der Waals surface area contributed by atoms with Gasteiger partial charge in [0.05, 0.1) is 9.81 Å². The van der Waals surface area contributed by atoms with Crippen LogP contribution >= 0.6 is 48.0 Å². The van der Waals surface area contributed by atoms with Crippen molar-refractivity contribution < 1.29 is 19.2 Å². The summed E-state index contributed by atoms with van der Waals surface area (Å²) in [5, 5.41) is 0. The minimum atomic E-state index is -0.373. The fourth-order valence-electron chi connectivity index (χ4n) is 4.07. The molecule has 8 nitrogen and oxygen atoms in total. The van der Waals surface area contributed by atoms with E-state index in [9.17, 15) is 19.2 Å². The number of aryl methyl sites for hydroxylation is 2. The maximum Gasteiger partial charge on any atom is 0.266 e. The molecule has 2 aromatic carbocycles. The molecule has 4 rings (SSSR count). The summed E-state index contributed by atoms with van der Waals surface area (Å²) in [5.41, 5.74) is 8.91. The molecule has 0 atom stereocenters. The highest BCUT2D eigenvalue weighted by Gasteiger charge is 2.32. The third-order valence-electron chi connectivity index (χ3n) is 6.41. The number of benzene rings is 2. The molecule has 0 saturated carbocycles. The van der Waals surface area contributed by atoms with Crippen molar-refractivity contribution in [2.45, 2.75) is 39.5 Å². The molecule has 0 spiro atoms. The number of nitrogens with zero attached hydrogens (tertiary/aromatic N) is 2. The van der Waals surface area contributed by atoms with Crippen LogP contribution in [0.3, 0.4) is 0 Å². The second-order valence-corrected chi connectivity index (χ2v) is 13.1. The molecule has 0 radical (unpaired) electrons. The van der Waals surface area contributed by atoms with Gasteiger partial charge >= 0.3 is 0 Å². The molecular weight excluding hydrogens is 609 g/mol. The normalized spacial score (nSPS) is 17.1. The van der Waals surface area contributed by atoms with E-state index in [4.69, 9.17) is 24.4 Å². The highest BCUT2D eigenvalue weighted by atomic mass is 32.2. The van der Waals surface area contributed by atoms with Gasteiger partial charge in [0.1, 0.15) is 8.64 Å². The lowest BCUT2D eigenvalue weighted by Gasteiger charge is -2.15. The van der Waals surface area contributed by atoms with E-state index in [1.54, 1.807) is 0 Å². The number of nitrogens with one attached hydrogen (secondary N) is 2. The van der Waals surface area contributed by atoms with Crippen LogP contribution in [0, 0.1) is 13.8 Å². The highest BCUT2D eigenvalue weighted by Crippen LogP contribution is 2.33. The zero-order valence-electron chi connectivity index (χ0n) is 23.2. The van der Waals surface area contributed by atoms with Crippen molar-refractivity contribution in [3.05, 3.63) is 80.6 Å². The SMILES string of the molecule is Cc1ccc(/C=C2\SC(=S)N(CCCC(=O)NNC(=O)CCCN3C(=O)/C(=C/c4ccc(C)cc4)SC3=S)C2=O)cc1. The first kappa shape index (κ1) is 31.6. The third-order valence-corrected chi connectivity index (χ3v) is 9.17. The van der Waals surface area contributed by atoms with Crippen molar-refractivity contribution >= 4 is 92.4 Å². The van der Waals surface area contributed by atoms with Gasteiger partial charge in [0.25, 0.3) is 11.8 Å². The van der Waals surface area contributed by atoms with Gasteiger partial charge in [-0.2, -0.15) is 0 Å². The van der Waals surface area contributed by atoms with Crippen LogP contribution in [0.5, 0.6) is 0 Å². The molecule has 218 valence electrons. The van der Waals surface area contributed by atoms with Gasteiger partial charge < -0.3 is 0 Å². The van der Waals surface area contributed by atoms with Gasteiger partial charge in [0.2, 0.25) is 11.8 Å². The summed E-state index contributed by atoms with van der Waals surface area (Å²) in [5.74, 6) is -1.10. The first-order valence-corrected chi connectivity index (χ1v) is 15.8. The zero-order chi connectivity index (χ0) is 30.2. The third kappa shape index (κ3) is 8.60. The largest absolute Gasteiger partial charge is 0.293 e. The summed E-state index contributed by atoms with van der Waals surface area (Å²) in [6.07, 6.45) is 4.62. The van der Waals surface area contributed by atoms with Crippen LogP contribution in [0.2, 0.25) is 0 Å². The van der Waals surface area contributed by atoms with E-state index in [1.807, 2.05) is 74.5 Å². The molecule has 0 unspecified atom stereocenters. The lowest BCUT2D eigenvalue weighted by molar-refractivity contribution is -0.129. The van der Waals surface area contributed by atoms with Crippen molar-refractivity contribution in [1.82, 2.24) is 20.7 Å². The predicted octanol–water partition coefficient (Wildman–Crippen LogP) is 5.11. The molecule has 2 aliphatic heterocycles. The second kappa shape index (κ2) is 14.7. The Morgan fingerprint density at radius 1 is 0.690 bits per heavy atom. The van der Waals surface area contributed by atoms with Gasteiger partial charge in [-0.3, -0.25) is 39.8 Å². The van der Waals surface area contributed by atoms with E-state index in [1.165, 1.54) is 33.3 Å². The molecule has 2 saturated heterocycles. The Kier molecular flexibility index (Phi) is 11.1. The number of thioether (sulfide) groups is 2. The van der Waals surface area contributed by atoms with Crippen molar-refractivity contribution in [2.24, 2.45) is 0 Å². The molecule has 0 aliphatic carbocycles. The van der Waals surface area contributed by atoms with E-state index in [0.29, 0.717) is 44.4 Å². The van der Waals surface area contributed by atoms with E-state index in [-0.39, 0.29) is 36.5 Å².